The normalized spacial score (nSPS) is 10.6. The van der Waals surface area contributed by atoms with E-state index >= 15 is 0 Å². The van der Waals surface area contributed by atoms with E-state index in [-0.39, 0.29) is 72.5 Å². The fraction of sp³-hybridized carbons (Fsp3) is 0.276. The Morgan fingerprint density at radius 2 is 1.00 bits per heavy atom. The summed E-state index contributed by atoms with van der Waals surface area (Å²) >= 11 is 0. The second-order valence-corrected chi connectivity index (χ2v) is 8.21. The van der Waals surface area contributed by atoms with Crippen LogP contribution in [0.5, 0.6) is 0 Å². The third kappa shape index (κ3) is 7.73. The van der Waals surface area contributed by atoms with Crippen LogP contribution in [0.4, 0.5) is 0 Å². The smallest absolute Gasteiger partial charge is 0.646 e. The predicted molar refractivity (Wildman–Crippen MR) is 146 cm³/mol. The minimum atomic E-state index is 0. The average molecular weight is 577 g/mol. The Morgan fingerprint density at radius 3 is 1.41 bits per heavy atom. The molecule has 0 heterocycles. The molecular weight excluding hydrogens is 543 g/mol. The number of hydrogen-bond donors (Lipinski definition) is 0. The maximum atomic E-state index is 4.85. The van der Waals surface area contributed by atoms with Crippen LogP contribution in [-0.2, 0) is 40.4 Å². The third-order valence-electron chi connectivity index (χ3n) is 6.07. The molecule has 0 unspecified atom stereocenters. The second-order valence-electron chi connectivity index (χ2n) is 8.21. The fourth-order valence-corrected chi connectivity index (χ4v) is 4.21. The molecule has 0 saturated carbocycles. The molecule has 34 heavy (non-hydrogen) atoms. The summed E-state index contributed by atoms with van der Waals surface area (Å²) in [6, 6.07) is 26.0. The first-order chi connectivity index (χ1) is 15.2. The van der Waals surface area contributed by atoms with E-state index in [0.29, 0.717) is 13.3 Å². The molecule has 0 aliphatic rings. The van der Waals surface area contributed by atoms with E-state index in [1.54, 1.807) is 0 Å². The zero-order valence-electron chi connectivity index (χ0n) is 21.2. The summed E-state index contributed by atoms with van der Waals surface area (Å²) in [6.45, 7) is 10.3. The number of aryl methyl sites for hydroxylation is 2. The van der Waals surface area contributed by atoms with Gasteiger partial charge in [0.1, 0.15) is 0 Å². The first kappa shape index (κ1) is 31.5. The Morgan fingerprint density at radius 1 is 0.618 bits per heavy atom. The van der Waals surface area contributed by atoms with Crippen molar-refractivity contribution in [2.24, 2.45) is 0 Å². The predicted octanol–water partition coefficient (Wildman–Crippen LogP) is 7.36. The Kier molecular flexibility index (Phi) is 14.4. The molecule has 0 amide bonds. The standard InChI is InChI=1S/C28H31N3.CH3.Ca.Cd/c1-4-31(19-29-17-23-11-7-13-25-21(2)9-5-15-27(23)25)20-30-18-24-12-8-14-26-22(3)10-6-16-28(24)26;;;/h5-16H,4,17-20H2,1-3H3;1H3;;/q-2;-1;+2;. The fourth-order valence-electron chi connectivity index (χ4n) is 4.21. The van der Waals surface area contributed by atoms with Crippen molar-refractivity contribution in [3.05, 3.63) is 113 Å². The first-order valence-corrected chi connectivity index (χ1v) is 11.1. The minimum absolute atomic E-state index is 0. The van der Waals surface area contributed by atoms with Crippen molar-refractivity contribution in [2.45, 2.75) is 33.9 Å². The molecule has 0 aromatic heterocycles. The molecule has 3 nitrogen and oxygen atoms in total. The van der Waals surface area contributed by atoms with E-state index in [1.165, 1.54) is 43.8 Å². The van der Waals surface area contributed by atoms with Crippen LogP contribution in [0, 0.1) is 21.3 Å². The molecule has 4 aromatic rings. The van der Waals surface area contributed by atoms with Crippen LogP contribution in [-0.4, -0.2) is 62.5 Å². The summed E-state index contributed by atoms with van der Waals surface area (Å²) in [6.07, 6.45) is 0. The summed E-state index contributed by atoms with van der Waals surface area (Å²) < 4.78 is 0. The van der Waals surface area contributed by atoms with Gasteiger partial charge in [-0.15, -0.1) is 13.1 Å². The van der Waals surface area contributed by atoms with Gasteiger partial charge < -0.3 is 23.0 Å². The van der Waals surface area contributed by atoms with Crippen molar-refractivity contribution in [1.29, 1.82) is 0 Å². The van der Waals surface area contributed by atoms with Gasteiger partial charge in [0.2, 0.25) is 0 Å². The van der Waals surface area contributed by atoms with E-state index in [1.807, 2.05) is 0 Å². The van der Waals surface area contributed by atoms with E-state index < -0.39 is 0 Å². The summed E-state index contributed by atoms with van der Waals surface area (Å²) in [4.78, 5) is 2.28. The molecule has 0 bridgehead atoms. The molecular formula is C29H34CaCdN3-. The van der Waals surface area contributed by atoms with Crippen LogP contribution in [0.25, 0.3) is 32.2 Å². The van der Waals surface area contributed by atoms with E-state index in [4.69, 9.17) is 10.6 Å². The summed E-state index contributed by atoms with van der Waals surface area (Å²) in [5.74, 6) is 0. The van der Waals surface area contributed by atoms with Crippen molar-refractivity contribution < 1.29 is 27.3 Å². The molecule has 4 rings (SSSR count). The van der Waals surface area contributed by atoms with E-state index in [0.717, 1.165) is 19.6 Å². The van der Waals surface area contributed by atoms with Gasteiger partial charge in [-0.25, -0.2) is 0 Å². The van der Waals surface area contributed by atoms with Crippen LogP contribution >= 0.6 is 0 Å². The SMILES string of the molecule is CCN(C[N-]Cc1cccc2c(C)cccc12)C[N-]Cc1cccc2c(C)cccc12.[CH3-].[Ca+2].[Cd]. The van der Waals surface area contributed by atoms with Gasteiger partial charge in [-0.1, -0.05) is 104 Å². The largest absolute Gasteiger partial charge is 2.00 e. The molecule has 0 aliphatic heterocycles. The van der Waals surface area contributed by atoms with Gasteiger partial charge >= 0.3 is 37.7 Å². The van der Waals surface area contributed by atoms with Crippen molar-refractivity contribution in [3.63, 3.8) is 0 Å². The van der Waals surface area contributed by atoms with Gasteiger partial charge in [0.15, 0.2) is 0 Å². The van der Waals surface area contributed by atoms with Crippen molar-refractivity contribution in [1.82, 2.24) is 4.90 Å². The first-order valence-electron chi connectivity index (χ1n) is 11.1. The Bertz CT molecular complexity index is 1090. The molecule has 0 radical (unpaired) electrons. The molecule has 0 spiro atoms. The van der Waals surface area contributed by atoms with Crippen LogP contribution in [0.3, 0.4) is 0 Å². The van der Waals surface area contributed by atoms with Gasteiger partial charge in [0, 0.05) is 27.3 Å². The number of fused-ring (bicyclic) bond motifs is 2. The molecule has 0 fully saturated rings. The summed E-state index contributed by atoms with van der Waals surface area (Å²) in [5.41, 5.74) is 5.22. The van der Waals surface area contributed by atoms with Gasteiger partial charge in [0.25, 0.3) is 0 Å². The average Bonchev–Trinajstić information content (AvgIpc) is 2.79. The van der Waals surface area contributed by atoms with Crippen LogP contribution in [0.15, 0.2) is 72.8 Å². The zero-order chi connectivity index (χ0) is 21.6. The molecule has 4 aromatic carbocycles. The molecule has 0 aliphatic carbocycles. The minimum Gasteiger partial charge on any atom is -0.646 e. The van der Waals surface area contributed by atoms with Gasteiger partial charge in [-0.05, 0) is 53.1 Å². The number of nitrogens with zero attached hydrogens (tertiary/aromatic N) is 3. The molecule has 5 heteroatoms. The zero-order valence-corrected chi connectivity index (χ0v) is 27.5. The van der Waals surface area contributed by atoms with Gasteiger partial charge in [-0.3, -0.25) is 0 Å². The van der Waals surface area contributed by atoms with E-state index in [2.05, 4.69) is 98.5 Å². The number of benzene rings is 4. The Balaban J connectivity index is 0.00000193. The maximum Gasteiger partial charge on any atom is 2.00 e. The van der Waals surface area contributed by atoms with Crippen molar-refractivity contribution in [3.8, 4) is 0 Å². The Hall–Kier alpha value is -0.538. The third-order valence-corrected chi connectivity index (χ3v) is 6.07. The van der Waals surface area contributed by atoms with E-state index in [9.17, 15) is 0 Å². The van der Waals surface area contributed by atoms with Gasteiger partial charge in [0.05, 0.1) is 0 Å². The number of rotatable bonds is 9. The monoisotopic (exact) mass is 578 g/mol. The molecule has 170 valence electrons. The molecule has 0 atom stereocenters. The van der Waals surface area contributed by atoms with Crippen LogP contribution in [0.2, 0.25) is 0 Å². The van der Waals surface area contributed by atoms with Crippen molar-refractivity contribution >= 4 is 59.3 Å². The van der Waals surface area contributed by atoms with Gasteiger partial charge in [-0.2, -0.15) is 0 Å². The Labute approximate surface area is 255 Å². The van der Waals surface area contributed by atoms with Crippen LogP contribution in [0.1, 0.15) is 29.2 Å². The molecule has 0 saturated heterocycles. The number of hydrogen-bond acceptors (Lipinski definition) is 1. The van der Waals surface area contributed by atoms with Crippen LogP contribution < -0.4 is 0 Å². The second kappa shape index (κ2) is 15.5. The summed E-state index contributed by atoms with van der Waals surface area (Å²) in [7, 11) is 0. The quantitative estimate of drug-likeness (QED) is 0.151. The maximum absolute atomic E-state index is 4.85. The topological polar surface area (TPSA) is 31.4 Å². The molecule has 0 N–H and O–H groups in total. The van der Waals surface area contributed by atoms with Crippen molar-refractivity contribution in [2.75, 3.05) is 19.9 Å². The summed E-state index contributed by atoms with van der Waals surface area (Å²) in [5, 5.41) is 15.0.